The van der Waals surface area contributed by atoms with Gasteiger partial charge in [0.25, 0.3) is 0 Å². The van der Waals surface area contributed by atoms with Crippen LogP contribution in [0.3, 0.4) is 0 Å². The van der Waals surface area contributed by atoms with Gasteiger partial charge in [-0.15, -0.1) is 5.73 Å². The van der Waals surface area contributed by atoms with E-state index in [1.165, 1.54) is 7.11 Å². The number of ether oxygens (including phenoxy) is 1. The molecule has 0 atom stereocenters. The summed E-state index contributed by atoms with van der Waals surface area (Å²) in [4.78, 5) is 10.4. The van der Waals surface area contributed by atoms with Crippen molar-refractivity contribution in [3.05, 3.63) is 15.9 Å². The van der Waals surface area contributed by atoms with Gasteiger partial charge in [-0.25, -0.2) is 4.79 Å². The maximum Gasteiger partial charge on any atom is 0.352 e. The number of rotatable bonds is 1. The third kappa shape index (κ3) is 2.14. The first kappa shape index (κ1) is 7.72. The van der Waals surface area contributed by atoms with E-state index in [0.29, 0.717) is 3.58 Å². The van der Waals surface area contributed by atoms with Crippen molar-refractivity contribution in [1.29, 1.82) is 0 Å². The quantitative estimate of drug-likeness (QED) is 0.290. The molecule has 2 nitrogen and oxygen atoms in total. The van der Waals surface area contributed by atoms with Gasteiger partial charge in [-0.3, -0.25) is 0 Å². The molecular formula is C5H5IO2. The standard InChI is InChI=1S/C5H5IO2/c1-3-4(6)5(7)8-2/h1H2,2H3. The molecule has 0 aromatic rings. The zero-order valence-corrected chi connectivity index (χ0v) is 6.56. The summed E-state index contributed by atoms with van der Waals surface area (Å²) in [7, 11) is 1.32. The Hall–Kier alpha value is -0.280. The number of carbonyl (C=O) groups excluding carboxylic acids is 1. The third-order valence-corrected chi connectivity index (χ3v) is 1.34. The Morgan fingerprint density at radius 1 is 1.88 bits per heavy atom. The fraction of sp³-hybridized carbons (Fsp3) is 0.200. The maximum atomic E-state index is 10.4. The highest BCUT2D eigenvalue weighted by Gasteiger charge is 2.00. The molecule has 44 valence electrons. The van der Waals surface area contributed by atoms with Gasteiger partial charge in [0.1, 0.15) is 3.58 Å². The van der Waals surface area contributed by atoms with Crippen molar-refractivity contribution in [3.8, 4) is 0 Å². The van der Waals surface area contributed by atoms with Gasteiger partial charge in [0.05, 0.1) is 7.11 Å². The number of esters is 1. The van der Waals surface area contributed by atoms with Crippen molar-refractivity contribution in [3.63, 3.8) is 0 Å². The molecule has 0 amide bonds. The Morgan fingerprint density at radius 2 is 2.38 bits per heavy atom. The Labute approximate surface area is 61.4 Å². The molecule has 0 aliphatic rings. The van der Waals surface area contributed by atoms with Crippen LogP contribution in [0.1, 0.15) is 0 Å². The predicted octanol–water partition coefficient (Wildman–Crippen LogP) is 1.26. The minimum atomic E-state index is -0.388. The number of halogens is 1. The SMILES string of the molecule is C=C=C(I)C(=O)OC. The number of hydrogen-bond acceptors (Lipinski definition) is 2. The molecule has 0 aromatic heterocycles. The molecule has 8 heavy (non-hydrogen) atoms. The largest absolute Gasteiger partial charge is 0.465 e. The molecule has 0 saturated heterocycles. The lowest BCUT2D eigenvalue weighted by molar-refractivity contribution is -0.135. The Bertz CT molecular complexity index is 145. The zero-order valence-electron chi connectivity index (χ0n) is 4.40. The first-order valence-corrected chi connectivity index (χ1v) is 2.94. The average molecular weight is 224 g/mol. The monoisotopic (exact) mass is 224 g/mol. The van der Waals surface area contributed by atoms with E-state index in [1.807, 2.05) is 0 Å². The first-order valence-electron chi connectivity index (χ1n) is 1.86. The zero-order chi connectivity index (χ0) is 6.57. The van der Waals surface area contributed by atoms with Crippen molar-refractivity contribution in [1.82, 2.24) is 0 Å². The van der Waals surface area contributed by atoms with Crippen molar-refractivity contribution in [2.45, 2.75) is 0 Å². The van der Waals surface area contributed by atoms with E-state index in [-0.39, 0.29) is 5.97 Å². The van der Waals surface area contributed by atoms with E-state index >= 15 is 0 Å². The highest BCUT2D eigenvalue weighted by atomic mass is 127. The second-order valence-electron chi connectivity index (χ2n) is 0.982. The molecule has 3 heteroatoms. The van der Waals surface area contributed by atoms with E-state index in [0.717, 1.165) is 0 Å². The molecule has 0 N–H and O–H groups in total. The van der Waals surface area contributed by atoms with Gasteiger partial charge in [-0.05, 0) is 22.6 Å². The molecule has 0 saturated carbocycles. The van der Waals surface area contributed by atoms with Crippen molar-refractivity contribution >= 4 is 28.6 Å². The van der Waals surface area contributed by atoms with Crippen LogP contribution >= 0.6 is 22.6 Å². The van der Waals surface area contributed by atoms with Gasteiger partial charge in [0.15, 0.2) is 0 Å². The van der Waals surface area contributed by atoms with E-state index in [4.69, 9.17) is 0 Å². The lowest BCUT2D eigenvalue weighted by Gasteiger charge is -1.89. The van der Waals surface area contributed by atoms with Gasteiger partial charge in [0, 0.05) is 0 Å². The summed E-state index contributed by atoms with van der Waals surface area (Å²) in [5.41, 5.74) is 2.39. The molecule has 0 unspecified atom stereocenters. The number of hydrogen-bond donors (Lipinski definition) is 0. The molecule has 0 aromatic carbocycles. The smallest absolute Gasteiger partial charge is 0.352 e. The Balaban J connectivity index is 4.04. The summed E-state index contributed by atoms with van der Waals surface area (Å²) < 4.78 is 4.70. The van der Waals surface area contributed by atoms with Gasteiger partial charge in [0.2, 0.25) is 0 Å². The lowest BCUT2D eigenvalue weighted by Crippen LogP contribution is -1.97. The van der Waals surface area contributed by atoms with Gasteiger partial charge in [-0.1, -0.05) is 6.58 Å². The van der Waals surface area contributed by atoms with E-state index in [1.54, 1.807) is 22.6 Å². The Morgan fingerprint density at radius 3 is 2.50 bits per heavy atom. The Kier molecular flexibility index (Phi) is 3.56. The topological polar surface area (TPSA) is 26.3 Å². The summed E-state index contributed by atoms with van der Waals surface area (Å²) in [5, 5.41) is 0. The van der Waals surface area contributed by atoms with Gasteiger partial charge < -0.3 is 4.74 Å². The molecule has 0 aliphatic carbocycles. The average Bonchev–Trinajstić information content (AvgIpc) is 1.84. The minimum absolute atomic E-state index is 0.380. The molecule has 0 fully saturated rings. The lowest BCUT2D eigenvalue weighted by atomic mass is 10.6. The van der Waals surface area contributed by atoms with E-state index < -0.39 is 0 Å². The number of carbonyl (C=O) groups is 1. The van der Waals surface area contributed by atoms with Crippen LogP contribution in [0, 0.1) is 0 Å². The molecule has 0 rings (SSSR count). The summed E-state index contributed by atoms with van der Waals surface area (Å²) in [6, 6.07) is 0. The summed E-state index contributed by atoms with van der Waals surface area (Å²) in [5.74, 6) is -0.388. The summed E-state index contributed by atoms with van der Waals surface area (Å²) in [6.45, 7) is 3.26. The second-order valence-corrected chi connectivity index (χ2v) is 2.06. The molecule has 0 heterocycles. The first-order chi connectivity index (χ1) is 3.72. The molecule has 0 radical (unpaired) electrons. The predicted molar refractivity (Wildman–Crippen MR) is 38.7 cm³/mol. The molecule has 0 spiro atoms. The number of methoxy groups -OCH3 is 1. The van der Waals surface area contributed by atoms with Crippen LogP contribution < -0.4 is 0 Å². The third-order valence-electron chi connectivity index (χ3n) is 0.520. The van der Waals surface area contributed by atoms with Crippen molar-refractivity contribution in [2.75, 3.05) is 7.11 Å². The molecule has 0 bridgehead atoms. The van der Waals surface area contributed by atoms with Crippen LogP contribution in [-0.4, -0.2) is 13.1 Å². The summed E-state index contributed by atoms with van der Waals surface area (Å²) in [6.07, 6.45) is 0. The fourth-order valence-electron chi connectivity index (χ4n) is 0.162. The second kappa shape index (κ2) is 3.69. The molecular weight excluding hydrogens is 219 g/mol. The van der Waals surface area contributed by atoms with E-state index in [2.05, 4.69) is 17.0 Å². The van der Waals surface area contributed by atoms with Gasteiger partial charge in [-0.2, -0.15) is 0 Å². The van der Waals surface area contributed by atoms with Crippen molar-refractivity contribution in [2.24, 2.45) is 0 Å². The highest BCUT2D eigenvalue weighted by Crippen LogP contribution is 2.03. The van der Waals surface area contributed by atoms with Crippen LogP contribution in [0.15, 0.2) is 15.9 Å². The van der Waals surface area contributed by atoms with Crippen LogP contribution in [-0.2, 0) is 9.53 Å². The van der Waals surface area contributed by atoms with Crippen LogP contribution in [0.4, 0.5) is 0 Å². The van der Waals surface area contributed by atoms with Crippen molar-refractivity contribution < 1.29 is 9.53 Å². The molecule has 0 aliphatic heterocycles. The van der Waals surface area contributed by atoms with Crippen LogP contribution in [0.5, 0.6) is 0 Å². The fourth-order valence-corrected chi connectivity index (χ4v) is 0.382. The normalized spacial score (nSPS) is 7.25. The van der Waals surface area contributed by atoms with E-state index in [9.17, 15) is 4.79 Å². The highest BCUT2D eigenvalue weighted by molar-refractivity contribution is 14.1. The van der Waals surface area contributed by atoms with Crippen LogP contribution in [0.2, 0.25) is 0 Å². The maximum absolute atomic E-state index is 10.4. The minimum Gasteiger partial charge on any atom is -0.465 e. The van der Waals surface area contributed by atoms with Gasteiger partial charge >= 0.3 is 5.97 Å². The van der Waals surface area contributed by atoms with Crippen LogP contribution in [0.25, 0.3) is 0 Å². The summed E-state index contributed by atoms with van der Waals surface area (Å²) >= 11 is 1.80.